The number of benzene rings is 1. The minimum absolute atomic E-state index is 0.0277. The van der Waals surface area contributed by atoms with E-state index >= 15 is 0 Å². The van der Waals surface area contributed by atoms with Gasteiger partial charge in [0.15, 0.2) is 10.7 Å². The Morgan fingerprint density at radius 1 is 1.29 bits per heavy atom. The van der Waals surface area contributed by atoms with Gasteiger partial charge in [-0.15, -0.1) is 0 Å². The van der Waals surface area contributed by atoms with Crippen LogP contribution in [0.5, 0.6) is 0 Å². The van der Waals surface area contributed by atoms with Gasteiger partial charge in [-0.05, 0) is 0 Å². The zero-order valence-electron chi connectivity index (χ0n) is 10.8. The van der Waals surface area contributed by atoms with E-state index < -0.39 is 32.4 Å². The maximum absolute atomic E-state index is 13.5. The number of anilines is 1. The zero-order valence-corrected chi connectivity index (χ0v) is 11.6. The van der Waals surface area contributed by atoms with Gasteiger partial charge in [-0.1, -0.05) is 0 Å². The third kappa shape index (κ3) is 3.00. The Hall–Kier alpha value is -2.07. The van der Waals surface area contributed by atoms with Gasteiger partial charge in [-0.2, -0.15) is 5.10 Å². The number of rotatable bonds is 4. The summed E-state index contributed by atoms with van der Waals surface area (Å²) in [5, 5.41) is 3.80. The molecule has 0 aliphatic rings. The Labute approximate surface area is 118 Å². The van der Waals surface area contributed by atoms with Crippen molar-refractivity contribution in [3.63, 3.8) is 0 Å². The van der Waals surface area contributed by atoms with E-state index in [0.29, 0.717) is 5.56 Å². The van der Waals surface area contributed by atoms with Crippen molar-refractivity contribution in [3.8, 4) is 0 Å². The predicted molar refractivity (Wildman–Crippen MR) is 68.2 cm³/mol. The zero-order chi connectivity index (χ0) is 15.8. The SMILES string of the molecule is Cn1cc(CN)c(NS(=O)(=O)c2c(F)cc(F)cc2F)n1. The molecule has 0 fully saturated rings. The molecule has 1 heterocycles. The summed E-state index contributed by atoms with van der Waals surface area (Å²) in [5.41, 5.74) is 5.75. The first kappa shape index (κ1) is 15.3. The molecule has 0 amide bonds. The molecule has 0 unspecified atom stereocenters. The summed E-state index contributed by atoms with van der Waals surface area (Å²) in [5.74, 6) is -4.44. The lowest BCUT2D eigenvalue weighted by Crippen LogP contribution is -2.18. The van der Waals surface area contributed by atoms with Crippen molar-refractivity contribution in [2.24, 2.45) is 12.8 Å². The van der Waals surface area contributed by atoms with Crippen LogP contribution in [-0.4, -0.2) is 18.2 Å². The van der Waals surface area contributed by atoms with E-state index in [1.54, 1.807) is 0 Å². The van der Waals surface area contributed by atoms with Crippen molar-refractivity contribution in [1.29, 1.82) is 0 Å². The molecule has 21 heavy (non-hydrogen) atoms. The summed E-state index contributed by atoms with van der Waals surface area (Å²) in [6.07, 6.45) is 1.45. The minimum Gasteiger partial charge on any atom is -0.326 e. The van der Waals surface area contributed by atoms with Crippen LogP contribution in [0.4, 0.5) is 19.0 Å². The highest BCUT2D eigenvalue weighted by molar-refractivity contribution is 7.92. The van der Waals surface area contributed by atoms with Gasteiger partial charge in [0, 0.05) is 37.5 Å². The normalized spacial score (nSPS) is 11.7. The quantitative estimate of drug-likeness (QED) is 0.882. The summed E-state index contributed by atoms with van der Waals surface area (Å²) >= 11 is 0. The number of halogens is 3. The molecule has 2 aromatic rings. The fraction of sp³-hybridized carbons (Fsp3) is 0.182. The van der Waals surface area contributed by atoms with E-state index in [2.05, 4.69) is 5.10 Å². The Morgan fingerprint density at radius 3 is 2.38 bits per heavy atom. The number of aryl methyl sites for hydroxylation is 1. The monoisotopic (exact) mass is 320 g/mol. The smallest absolute Gasteiger partial charge is 0.268 e. The number of nitrogens with two attached hydrogens (primary N) is 1. The number of aromatic nitrogens is 2. The maximum atomic E-state index is 13.5. The van der Waals surface area contributed by atoms with Crippen molar-refractivity contribution in [2.75, 3.05) is 4.72 Å². The lowest BCUT2D eigenvalue weighted by atomic mass is 10.3. The Balaban J connectivity index is 2.48. The van der Waals surface area contributed by atoms with Crippen molar-refractivity contribution in [1.82, 2.24) is 9.78 Å². The highest BCUT2D eigenvalue weighted by Gasteiger charge is 2.26. The molecule has 114 valence electrons. The number of hydrogen-bond acceptors (Lipinski definition) is 4. The predicted octanol–water partition coefficient (Wildman–Crippen LogP) is 1.10. The molecule has 0 saturated carbocycles. The second-order valence-electron chi connectivity index (χ2n) is 4.18. The first-order valence-electron chi connectivity index (χ1n) is 5.64. The number of sulfonamides is 1. The van der Waals surface area contributed by atoms with Crippen LogP contribution in [0, 0.1) is 17.5 Å². The van der Waals surface area contributed by atoms with E-state index in [-0.39, 0.29) is 24.5 Å². The molecule has 2 rings (SSSR count). The van der Waals surface area contributed by atoms with Gasteiger partial charge in [-0.25, -0.2) is 21.6 Å². The van der Waals surface area contributed by atoms with Gasteiger partial charge >= 0.3 is 0 Å². The van der Waals surface area contributed by atoms with Crippen LogP contribution in [0.2, 0.25) is 0 Å². The second kappa shape index (κ2) is 5.37. The topological polar surface area (TPSA) is 90.0 Å². The number of nitrogens with one attached hydrogen (secondary N) is 1. The van der Waals surface area contributed by atoms with Crippen LogP contribution >= 0.6 is 0 Å². The third-order valence-corrected chi connectivity index (χ3v) is 3.98. The average Bonchev–Trinajstić information content (AvgIpc) is 2.66. The van der Waals surface area contributed by atoms with Gasteiger partial charge in [0.05, 0.1) is 0 Å². The minimum atomic E-state index is -4.61. The molecule has 0 aliphatic heterocycles. The molecular formula is C11H11F3N4O2S. The van der Waals surface area contributed by atoms with Crippen molar-refractivity contribution in [2.45, 2.75) is 11.4 Å². The fourth-order valence-corrected chi connectivity index (χ4v) is 2.90. The van der Waals surface area contributed by atoms with Crippen LogP contribution < -0.4 is 10.5 Å². The van der Waals surface area contributed by atoms with Gasteiger partial charge in [0.1, 0.15) is 17.5 Å². The summed E-state index contributed by atoms with van der Waals surface area (Å²) in [7, 11) is -3.08. The van der Waals surface area contributed by atoms with E-state index in [0.717, 1.165) is 0 Å². The highest BCUT2D eigenvalue weighted by atomic mass is 32.2. The lowest BCUT2D eigenvalue weighted by Gasteiger charge is -2.09. The Morgan fingerprint density at radius 2 is 1.86 bits per heavy atom. The molecule has 3 N–H and O–H groups in total. The molecule has 0 radical (unpaired) electrons. The number of hydrogen-bond donors (Lipinski definition) is 2. The highest BCUT2D eigenvalue weighted by Crippen LogP contribution is 2.23. The van der Waals surface area contributed by atoms with E-state index in [1.807, 2.05) is 4.72 Å². The molecule has 1 aromatic heterocycles. The molecule has 0 spiro atoms. The van der Waals surface area contributed by atoms with Crippen molar-refractivity contribution >= 4 is 15.8 Å². The van der Waals surface area contributed by atoms with Gasteiger partial charge in [0.2, 0.25) is 0 Å². The van der Waals surface area contributed by atoms with Crippen molar-refractivity contribution in [3.05, 3.63) is 41.3 Å². The first-order valence-corrected chi connectivity index (χ1v) is 7.13. The standard InChI is InChI=1S/C11H11F3N4O2S/c1-18-5-6(4-15)11(16-18)17-21(19,20)10-8(13)2-7(12)3-9(10)14/h2-3,5H,4,15H2,1H3,(H,16,17). The summed E-state index contributed by atoms with van der Waals surface area (Å²) in [6, 6.07) is 0.555. The second-order valence-corrected chi connectivity index (χ2v) is 5.80. The summed E-state index contributed by atoms with van der Waals surface area (Å²) < 4.78 is 67.2. The average molecular weight is 320 g/mol. The number of nitrogens with zero attached hydrogens (tertiary/aromatic N) is 2. The first-order chi connectivity index (χ1) is 9.74. The largest absolute Gasteiger partial charge is 0.326 e. The third-order valence-electron chi connectivity index (χ3n) is 2.59. The van der Waals surface area contributed by atoms with Crippen LogP contribution in [-0.2, 0) is 23.6 Å². The summed E-state index contributed by atoms with van der Waals surface area (Å²) in [4.78, 5) is -1.28. The molecule has 0 aliphatic carbocycles. The van der Waals surface area contributed by atoms with Gasteiger partial charge in [0.25, 0.3) is 10.0 Å². The van der Waals surface area contributed by atoms with E-state index in [4.69, 9.17) is 5.73 Å². The van der Waals surface area contributed by atoms with E-state index in [9.17, 15) is 21.6 Å². The fourth-order valence-electron chi connectivity index (χ4n) is 1.74. The Bertz CT molecular complexity index is 766. The maximum Gasteiger partial charge on any atom is 0.268 e. The van der Waals surface area contributed by atoms with E-state index in [1.165, 1.54) is 17.9 Å². The van der Waals surface area contributed by atoms with Crippen LogP contribution in [0.15, 0.2) is 23.2 Å². The van der Waals surface area contributed by atoms with Crippen molar-refractivity contribution < 1.29 is 21.6 Å². The van der Waals surface area contributed by atoms with Gasteiger partial charge in [-0.3, -0.25) is 9.40 Å². The van der Waals surface area contributed by atoms with Gasteiger partial charge < -0.3 is 5.73 Å². The van der Waals surface area contributed by atoms with Crippen LogP contribution in [0.1, 0.15) is 5.56 Å². The molecule has 1 aromatic carbocycles. The lowest BCUT2D eigenvalue weighted by molar-refractivity contribution is 0.498. The molecule has 0 atom stereocenters. The molecular weight excluding hydrogens is 309 g/mol. The Kier molecular flexibility index (Phi) is 3.92. The van der Waals surface area contributed by atoms with Crippen LogP contribution in [0.25, 0.3) is 0 Å². The molecule has 0 saturated heterocycles. The molecule has 10 heteroatoms. The molecule has 6 nitrogen and oxygen atoms in total. The summed E-state index contributed by atoms with van der Waals surface area (Å²) in [6.45, 7) is -0.0277. The van der Waals surface area contributed by atoms with Crippen LogP contribution in [0.3, 0.4) is 0 Å². The molecule has 0 bridgehead atoms.